The van der Waals surface area contributed by atoms with Crippen molar-refractivity contribution in [1.29, 1.82) is 0 Å². The lowest BCUT2D eigenvalue weighted by Crippen LogP contribution is -2.46. The molecule has 4 fully saturated rings. The van der Waals surface area contributed by atoms with Gasteiger partial charge in [0.25, 0.3) is 5.69 Å². The van der Waals surface area contributed by atoms with E-state index in [1.54, 1.807) is 18.2 Å². The van der Waals surface area contributed by atoms with Crippen molar-refractivity contribution < 1.29 is 4.92 Å². The highest BCUT2D eigenvalue weighted by Gasteiger charge is 2.46. The number of benzene rings is 1. The Labute approximate surface area is 145 Å². The number of hydrogen-bond acceptors (Lipinski definition) is 4. The summed E-state index contributed by atoms with van der Waals surface area (Å²) in [6.45, 7) is 0. The van der Waals surface area contributed by atoms with Gasteiger partial charge in [0, 0.05) is 11.8 Å². The van der Waals surface area contributed by atoms with Crippen LogP contribution in [-0.4, -0.2) is 15.7 Å². The average molecular weight is 344 g/mol. The highest BCUT2D eigenvalue weighted by molar-refractivity contribution is 7.80. The third-order valence-electron chi connectivity index (χ3n) is 5.61. The van der Waals surface area contributed by atoms with Gasteiger partial charge in [0.1, 0.15) is 5.69 Å². The summed E-state index contributed by atoms with van der Waals surface area (Å²) < 4.78 is 0. The third kappa shape index (κ3) is 2.88. The minimum Gasteiger partial charge on any atom is -0.326 e. The van der Waals surface area contributed by atoms with Crippen LogP contribution in [0, 0.1) is 33.8 Å². The van der Waals surface area contributed by atoms with Crippen molar-refractivity contribution in [1.82, 2.24) is 5.43 Å². The number of para-hydroxylation sites is 2. The van der Waals surface area contributed by atoms with E-state index < -0.39 is 4.92 Å². The van der Waals surface area contributed by atoms with Crippen LogP contribution in [0.3, 0.4) is 0 Å². The van der Waals surface area contributed by atoms with Crippen molar-refractivity contribution in [3.63, 3.8) is 0 Å². The Morgan fingerprint density at radius 2 is 1.75 bits per heavy atom. The first-order valence-electron chi connectivity index (χ1n) is 8.48. The number of rotatable bonds is 3. The van der Waals surface area contributed by atoms with Gasteiger partial charge < -0.3 is 5.32 Å². The summed E-state index contributed by atoms with van der Waals surface area (Å²) in [4.78, 5) is 10.6. The summed E-state index contributed by atoms with van der Waals surface area (Å²) in [5.74, 6) is 2.98. The van der Waals surface area contributed by atoms with E-state index in [9.17, 15) is 10.1 Å². The van der Waals surface area contributed by atoms with E-state index in [1.807, 2.05) is 0 Å². The Morgan fingerprint density at radius 3 is 2.38 bits per heavy atom. The van der Waals surface area contributed by atoms with Crippen molar-refractivity contribution >= 4 is 34.4 Å². The Hall–Kier alpha value is -2.02. The summed E-state index contributed by atoms with van der Waals surface area (Å²) in [7, 11) is 0. The van der Waals surface area contributed by atoms with Crippen LogP contribution in [0.1, 0.15) is 32.1 Å². The van der Waals surface area contributed by atoms with Crippen LogP contribution in [0.4, 0.5) is 11.4 Å². The average Bonchev–Trinajstić information content (AvgIpc) is 2.54. The number of nitrogens with one attached hydrogen (secondary N) is 2. The molecule has 24 heavy (non-hydrogen) atoms. The van der Waals surface area contributed by atoms with Gasteiger partial charge >= 0.3 is 0 Å². The van der Waals surface area contributed by atoms with E-state index in [0.29, 0.717) is 22.6 Å². The van der Waals surface area contributed by atoms with Crippen LogP contribution < -0.4 is 10.7 Å². The Balaban J connectivity index is 1.43. The first-order chi connectivity index (χ1) is 11.6. The molecule has 4 aliphatic carbocycles. The molecule has 4 aliphatic rings. The van der Waals surface area contributed by atoms with Crippen molar-refractivity contribution in [2.75, 3.05) is 5.32 Å². The molecule has 2 N–H and O–H groups in total. The summed E-state index contributed by atoms with van der Waals surface area (Å²) >= 11 is 5.26. The number of nitrogens with zero attached hydrogens (tertiary/aromatic N) is 2. The molecule has 0 saturated heterocycles. The summed E-state index contributed by atoms with van der Waals surface area (Å²) in [6, 6.07) is 6.47. The van der Waals surface area contributed by atoms with Gasteiger partial charge in [-0.1, -0.05) is 12.1 Å². The maximum absolute atomic E-state index is 11.1. The van der Waals surface area contributed by atoms with Gasteiger partial charge in [0.2, 0.25) is 0 Å². The quantitative estimate of drug-likeness (QED) is 0.496. The smallest absolute Gasteiger partial charge is 0.292 e. The van der Waals surface area contributed by atoms with Crippen LogP contribution in [0.2, 0.25) is 0 Å². The van der Waals surface area contributed by atoms with E-state index in [0.717, 1.165) is 11.8 Å². The van der Waals surface area contributed by atoms with Gasteiger partial charge in [0.15, 0.2) is 5.11 Å². The standard InChI is InChI=1S/C17H20N4O2S/c22-21(23)15-4-2-1-3-14(15)18-17(24)20-19-16-12-6-10-5-11(8-12)9-13(16)7-10/h1-4,10-13H,5-9H2,(H2,18,20,24). The van der Waals surface area contributed by atoms with Gasteiger partial charge in [-0.3, -0.25) is 15.5 Å². The zero-order valence-electron chi connectivity index (χ0n) is 13.3. The predicted molar refractivity (Wildman–Crippen MR) is 96.9 cm³/mol. The molecular formula is C17H20N4O2S. The molecule has 0 amide bonds. The molecular weight excluding hydrogens is 324 g/mol. The molecule has 0 atom stereocenters. The molecule has 0 aliphatic heterocycles. The fraction of sp³-hybridized carbons (Fsp3) is 0.529. The molecule has 1 aromatic rings. The molecule has 4 saturated carbocycles. The highest BCUT2D eigenvalue weighted by Crippen LogP contribution is 2.52. The fourth-order valence-electron chi connectivity index (χ4n) is 4.85. The highest BCUT2D eigenvalue weighted by atomic mass is 32.1. The van der Waals surface area contributed by atoms with Crippen molar-refractivity contribution in [3.8, 4) is 0 Å². The molecule has 1 aromatic carbocycles. The maximum atomic E-state index is 11.1. The Kier molecular flexibility index (Phi) is 3.96. The Bertz CT molecular complexity index is 688. The molecule has 126 valence electrons. The summed E-state index contributed by atoms with van der Waals surface area (Å²) in [5.41, 5.74) is 4.55. The largest absolute Gasteiger partial charge is 0.326 e. The molecule has 0 unspecified atom stereocenters. The van der Waals surface area contributed by atoms with E-state index in [2.05, 4.69) is 15.8 Å². The molecule has 5 rings (SSSR count). The van der Waals surface area contributed by atoms with Crippen molar-refractivity contribution in [2.24, 2.45) is 28.8 Å². The molecule has 0 aromatic heterocycles. The zero-order valence-corrected chi connectivity index (χ0v) is 14.1. The second-order valence-corrected chi connectivity index (χ2v) is 7.59. The number of anilines is 1. The minimum atomic E-state index is -0.422. The van der Waals surface area contributed by atoms with Crippen LogP contribution in [0.15, 0.2) is 29.4 Å². The first kappa shape index (κ1) is 15.5. The summed E-state index contributed by atoms with van der Waals surface area (Å²) in [6.07, 6.45) is 6.46. The predicted octanol–water partition coefficient (Wildman–Crippen LogP) is 3.69. The molecule has 0 heterocycles. The fourth-order valence-corrected chi connectivity index (χ4v) is 5.01. The molecule has 6 nitrogen and oxygen atoms in total. The van der Waals surface area contributed by atoms with Crippen molar-refractivity contribution in [3.05, 3.63) is 34.4 Å². The lowest BCUT2D eigenvalue weighted by Gasteiger charge is -2.50. The normalized spacial score (nSPS) is 30.1. The van der Waals surface area contributed by atoms with Gasteiger partial charge in [-0.2, -0.15) is 5.10 Å². The molecule has 0 spiro atoms. The van der Waals surface area contributed by atoms with E-state index >= 15 is 0 Å². The van der Waals surface area contributed by atoms with Crippen LogP contribution in [0.25, 0.3) is 0 Å². The molecule has 0 radical (unpaired) electrons. The van der Waals surface area contributed by atoms with Gasteiger partial charge in [-0.05, 0) is 74.1 Å². The topological polar surface area (TPSA) is 79.6 Å². The third-order valence-corrected chi connectivity index (χ3v) is 5.80. The van der Waals surface area contributed by atoms with Gasteiger partial charge in [-0.25, -0.2) is 0 Å². The van der Waals surface area contributed by atoms with Gasteiger partial charge in [0.05, 0.1) is 4.92 Å². The monoisotopic (exact) mass is 344 g/mol. The number of hydrogen-bond donors (Lipinski definition) is 2. The van der Waals surface area contributed by atoms with Crippen LogP contribution >= 0.6 is 12.2 Å². The van der Waals surface area contributed by atoms with E-state index in [-0.39, 0.29) is 5.69 Å². The second-order valence-electron chi connectivity index (χ2n) is 7.18. The maximum Gasteiger partial charge on any atom is 0.292 e. The Morgan fingerprint density at radius 1 is 1.12 bits per heavy atom. The molecule has 4 bridgehead atoms. The van der Waals surface area contributed by atoms with Crippen LogP contribution in [-0.2, 0) is 0 Å². The lowest BCUT2D eigenvalue weighted by atomic mass is 9.55. The lowest BCUT2D eigenvalue weighted by molar-refractivity contribution is -0.383. The number of hydrazone groups is 1. The summed E-state index contributed by atoms with van der Waals surface area (Å²) in [5, 5.41) is 18.8. The van der Waals surface area contributed by atoms with Gasteiger partial charge in [-0.15, -0.1) is 0 Å². The van der Waals surface area contributed by atoms with Crippen molar-refractivity contribution in [2.45, 2.75) is 32.1 Å². The molecule has 7 heteroatoms. The number of nitro groups is 1. The minimum absolute atomic E-state index is 0.00364. The number of thiocarbonyl (C=S) groups is 1. The number of nitro benzene ring substituents is 1. The van der Waals surface area contributed by atoms with E-state index in [4.69, 9.17) is 12.2 Å². The first-order valence-corrected chi connectivity index (χ1v) is 8.89. The second kappa shape index (κ2) is 6.12. The van der Waals surface area contributed by atoms with Crippen LogP contribution in [0.5, 0.6) is 0 Å². The zero-order chi connectivity index (χ0) is 16.7. The SMILES string of the molecule is O=[N+]([O-])c1ccccc1NC(=S)NN=C1C2CC3CC(C2)CC1C3. The van der Waals surface area contributed by atoms with E-state index in [1.165, 1.54) is 43.9 Å².